The molecule has 0 radical (unpaired) electrons. The average Bonchev–Trinajstić information content (AvgIpc) is 2.46. The van der Waals surface area contributed by atoms with E-state index in [2.05, 4.69) is 10.1 Å². The molecule has 6 nitrogen and oxygen atoms in total. The first-order valence-electron chi connectivity index (χ1n) is 6.40. The Bertz CT molecular complexity index is 502. The Hall–Kier alpha value is -2.24. The highest BCUT2D eigenvalue weighted by molar-refractivity contribution is 5.92. The number of carbonyl (C=O) groups excluding carboxylic acids is 2. The fourth-order valence-electron chi connectivity index (χ4n) is 1.71. The van der Waals surface area contributed by atoms with Gasteiger partial charge in [0.25, 0.3) is 0 Å². The van der Waals surface area contributed by atoms with Crippen LogP contribution in [0, 0.1) is 0 Å². The molecule has 0 aliphatic carbocycles. The molecule has 6 heteroatoms. The highest BCUT2D eigenvalue weighted by atomic mass is 16.5. The number of amides is 1. The number of methoxy groups -OCH3 is 1. The van der Waals surface area contributed by atoms with Crippen LogP contribution < -0.4 is 11.1 Å². The summed E-state index contributed by atoms with van der Waals surface area (Å²) in [7, 11) is 3.04. The monoisotopic (exact) mass is 279 g/mol. The number of anilines is 2. The summed E-state index contributed by atoms with van der Waals surface area (Å²) >= 11 is 0. The molecule has 110 valence electrons. The highest BCUT2D eigenvalue weighted by Gasteiger charge is 2.17. The number of carbonyl (C=O) groups is 2. The number of nitrogens with one attached hydrogen (secondary N) is 1. The van der Waals surface area contributed by atoms with E-state index in [-0.39, 0.29) is 5.91 Å². The van der Waals surface area contributed by atoms with E-state index < -0.39 is 12.0 Å². The largest absolute Gasteiger partial charge is 0.465 e. The van der Waals surface area contributed by atoms with Gasteiger partial charge in [-0.1, -0.05) is 0 Å². The van der Waals surface area contributed by atoms with Crippen molar-refractivity contribution in [1.82, 2.24) is 4.90 Å². The molecule has 0 saturated heterocycles. The second-order valence-corrected chi connectivity index (χ2v) is 4.51. The van der Waals surface area contributed by atoms with Gasteiger partial charge in [-0.05, 0) is 32.0 Å². The number of hydrogen-bond donors (Lipinski definition) is 2. The maximum absolute atomic E-state index is 12.0. The molecule has 0 aliphatic rings. The first-order valence-corrected chi connectivity index (χ1v) is 6.40. The van der Waals surface area contributed by atoms with Gasteiger partial charge in [0.1, 0.15) is 6.04 Å². The Labute approximate surface area is 118 Å². The molecule has 0 fully saturated rings. The SMILES string of the molecule is CCN(C)C(=O)C(C)Nc1cc(C(=O)OC)ccc1N. The zero-order chi connectivity index (χ0) is 15.3. The topological polar surface area (TPSA) is 84.7 Å². The summed E-state index contributed by atoms with van der Waals surface area (Å²) in [4.78, 5) is 25.1. The van der Waals surface area contributed by atoms with Crippen LogP contribution in [-0.4, -0.2) is 43.5 Å². The van der Waals surface area contributed by atoms with Crippen molar-refractivity contribution in [1.29, 1.82) is 0 Å². The van der Waals surface area contributed by atoms with Gasteiger partial charge in [-0.2, -0.15) is 0 Å². The van der Waals surface area contributed by atoms with Crippen molar-refractivity contribution < 1.29 is 14.3 Å². The van der Waals surface area contributed by atoms with E-state index in [9.17, 15) is 9.59 Å². The standard InChI is InChI=1S/C14H21N3O3/c1-5-17(3)13(18)9(2)16-12-8-10(14(19)20-4)6-7-11(12)15/h6-9,16H,5,15H2,1-4H3. The second kappa shape index (κ2) is 6.79. The van der Waals surface area contributed by atoms with Gasteiger partial charge >= 0.3 is 5.97 Å². The molecule has 0 bridgehead atoms. The summed E-state index contributed by atoms with van der Waals surface area (Å²) < 4.78 is 4.66. The Balaban J connectivity index is 2.91. The van der Waals surface area contributed by atoms with Crippen LogP contribution in [0.15, 0.2) is 18.2 Å². The van der Waals surface area contributed by atoms with Crippen molar-refractivity contribution in [2.24, 2.45) is 0 Å². The van der Waals surface area contributed by atoms with Crippen LogP contribution in [0.4, 0.5) is 11.4 Å². The lowest BCUT2D eigenvalue weighted by Gasteiger charge is -2.22. The second-order valence-electron chi connectivity index (χ2n) is 4.51. The molecule has 0 aromatic heterocycles. The van der Waals surface area contributed by atoms with E-state index in [0.717, 1.165) is 0 Å². The molecule has 0 spiro atoms. The molecule has 1 amide bonds. The molecule has 1 aromatic carbocycles. The number of ether oxygens (including phenoxy) is 1. The Morgan fingerprint density at radius 3 is 2.65 bits per heavy atom. The third-order valence-corrected chi connectivity index (χ3v) is 3.07. The van der Waals surface area contributed by atoms with E-state index in [1.807, 2.05) is 6.92 Å². The maximum Gasteiger partial charge on any atom is 0.337 e. The van der Waals surface area contributed by atoms with Crippen LogP contribution in [0.25, 0.3) is 0 Å². The van der Waals surface area contributed by atoms with Crippen LogP contribution in [0.1, 0.15) is 24.2 Å². The summed E-state index contributed by atoms with van der Waals surface area (Å²) in [5, 5.41) is 3.02. The smallest absolute Gasteiger partial charge is 0.337 e. The van der Waals surface area contributed by atoms with E-state index in [4.69, 9.17) is 5.73 Å². The van der Waals surface area contributed by atoms with E-state index >= 15 is 0 Å². The molecule has 1 aromatic rings. The minimum atomic E-state index is -0.447. The first-order chi connectivity index (χ1) is 9.40. The molecule has 20 heavy (non-hydrogen) atoms. The predicted molar refractivity (Wildman–Crippen MR) is 78.6 cm³/mol. The van der Waals surface area contributed by atoms with Gasteiger partial charge in [-0.3, -0.25) is 4.79 Å². The zero-order valence-corrected chi connectivity index (χ0v) is 12.3. The Kier molecular flexibility index (Phi) is 5.37. The summed E-state index contributed by atoms with van der Waals surface area (Å²) in [5.74, 6) is -0.493. The van der Waals surface area contributed by atoms with Gasteiger partial charge in [0.2, 0.25) is 5.91 Å². The molecule has 3 N–H and O–H groups in total. The lowest BCUT2D eigenvalue weighted by atomic mass is 10.1. The quantitative estimate of drug-likeness (QED) is 0.627. The number of benzene rings is 1. The van der Waals surface area contributed by atoms with Gasteiger partial charge in [0, 0.05) is 13.6 Å². The Morgan fingerprint density at radius 2 is 2.10 bits per heavy atom. The third kappa shape index (κ3) is 3.63. The third-order valence-electron chi connectivity index (χ3n) is 3.07. The Morgan fingerprint density at radius 1 is 1.45 bits per heavy atom. The average molecular weight is 279 g/mol. The summed E-state index contributed by atoms with van der Waals surface area (Å²) in [6, 6.07) is 4.33. The van der Waals surface area contributed by atoms with Crippen molar-refractivity contribution in [2.75, 3.05) is 31.8 Å². The maximum atomic E-state index is 12.0. The predicted octanol–water partition coefficient (Wildman–Crippen LogP) is 1.33. The van der Waals surface area contributed by atoms with E-state index in [1.165, 1.54) is 7.11 Å². The van der Waals surface area contributed by atoms with Crippen molar-refractivity contribution >= 4 is 23.3 Å². The van der Waals surface area contributed by atoms with E-state index in [0.29, 0.717) is 23.5 Å². The fraction of sp³-hybridized carbons (Fsp3) is 0.429. The van der Waals surface area contributed by atoms with Crippen LogP contribution in [0.5, 0.6) is 0 Å². The minimum absolute atomic E-state index is 0.0460. The molecular weight excluding hydrogens is 258 g/mol. The van der Waals surface area contributed by atoms with Gasteiger partial charge in [-0.25, -0.2) is 4.79 Å². The number of rotatable bonds is 5. The number of likely N-dealkylation sites (N-methyl/N-ethyl adjacent to an activating group) is 1. The highest BCUT2D eigenvalue weighted by Crippen LogP contribution is 2.21. The molecule has 0 heterocycles. The van der Waals surface area contributed by atoms with Crippen LogP contribution >= 0.6 is 0 Å². The van der Waals surface area contributed by atoms with Gasteiger partial charge in [0.05, 0.1) is 24.0 Å². The lowest BCUT2D eigenvalue weighted by molar-refractivity contribution is -0.130. The van der Waals surface area contributed by atoms with Crippen LogP contribution in [0.2, 0.25) is 0 Å². The number of nitrogens with zero attached hydrogens (tertiary/aromatic N) is 1. The van der Waals surface area contributed by atoms with Gasteiger partial charge < -0.3 is 20.7 Å². The number of esters is 1. The van der Waals surface area contributed by atoms with Crippen LogP contribution in [-0.2, 0) is 9.53 Å². The summed E-state index contributed by atoms with van der Waals surface area (Å²) in [6.45, 7) is 4.28. The fourth-order valence-corrected chi connectivity index (χ4v) is 1.71. The summed E-state index contributed by atoms with van der Waals surface area (Å²) in [5.41, 5.74) is 7.24. The van der Waals surface area contributed by atoms with Crippen molar-refractivity contribution in [3.05, 3.63) is 23.8 Å². The lowest BCUT2D eigenvalue weighted by Crippen LogP contribution is -2.39. The van der Waals surface area contributed by atoms with Gasteiger partial charge in [0.15, 0.2) is 0 Å². The molecule has 1 unspecified atom stereocenters. The minimum Gasteiger partial charge on any atom is -0.465 e. The molecule has 0 aliphatic heterocycles. The summed E-state index contributed by atoms with van der Waals surface area (Å²) in [6.07, 6.45) is 0. The number of nitrogens with two attached hydrogens (primary N) is 1. The zero-order valence-electron chi connectivity index (χ0n) is 12.3. The molecular formula is C14H21N3O3. The van der Waals surface area contributed by atoms with Gasteiger partial charge in [-0.15, -0.1) is 0 Å². The van der Waals surface area contributed by atoms with E-state index in [1.54, 1.807) is 37.1 Å². The van der Waals surface area contributed by atoms with Crippen molar-refractivity contribution in [3.8, 4) is 0 Å². The number of hydrogen-bond acceptors (Lipinski definition) is 5. The first kappa shape index (κ1) is 15.8. The molecule has 0 saturated carbocycles. The molecule has 1 rings (SSSR count). The normalized spacial score (nSPS) is 11.6. The number of nitrogen functional groups attached to an aromatic ring is 1. The van der Waals surface area contributed by atoms with Crippen molar-refractivity contribution in [3.63, 3.8) is 0 Å². The van der Waals surface area contributed by atoms with Crippen LogP contribution in [0.3, 0.4) is 0 Å². The molecule has 1 atom stereocenters. The van der Waals surface area contributed by atoms with Crippen molar-refractivity contribution in [2.45, 2.75) is 19.9 Å².